The van der Waals surface area contributed by atoms with E-state index < -0.39 is 28.5 Å². The number of carbonyl (C=O) groups excluding carboxylic acids is 1. The first-order valence-corrected chi connectivity index (χ1v) is 12.6. The van der Waals surface area contributed by atoms with Gasteiger partial charge in [-0.1, -0.05) is 19.1 Å². The zero-order chi connectivity index (χ0) is 25.5. The van der Waals surface area contributed by atoms with Crippen LogP contribution in [0.5, 0.6) is 0 Å². The van der Waals surface area contributed by atoms with E-state index in [-0.39, 0.29) is 12.5 Å². The SMILES string of the molecule is CCc1nc2ccccc2n1CCC(=O)N1CCC2(CC1)C[C@H](n1ccc(=O)[nH]c1=O)[C@@](C)(O)CO2. The maximum Gasteiger partial charge on any atom is 0.328 e. The van der Waals surface area contributed by atoms with Gasteiger partial charge in [-0.15, -0.1) is 0 Å². The Morgan fingerprint density at radius 1 is 1.22 bits per heavy atom. The first kappa shape index (κ1) is 24.5. The Morgan fingerprint density at radius 2 is 1.97 bits per heavy atom. The summed E-state index contributed by atoms with van der Waals surface area (Å²) in [6.45, 7) is 5.48. The standard InChI is InChI=1S/C26H33N5O5/c1-3-21-27-18-6-4-5-7-19(18)30(21)13-9-23(33)29-14-10-26(11-15-29)16-20(25(2,35)17-36-26)31-12-8-22(32)28-24(31)34/h4-8,12,20,35H,3,9-11,13-17H2,1-2H3,(H,28,32,34)/t20-,25-/m0/s1. The molecule has 2 N–H and O–H groups in total. The number of carbonyl (C=O) groups is 1. The average molecular weight is 496 g/mol. The third-order valence-electron chi connectivity index (χ3n) is 7.77. The molecule has 1 aromatic carbocycles. The summed E-state index contributed by atoms with van der Waals surface area (Å²) in [7, 11) is 0. The average Bonchev–Trinajstić information content (AvgIpc) is 3.23. The summed E-state index contributed by atoms with van der Waals surface area (Å²) in [4.78, 5) is 45.9. The lowest BCUT2D eigenvalue weighted by molar-refractivity contribution is -0.202. The van der Waals surface area contributed by atoms with Crippen LogP contribution in [0.4, 0.5) is 0 Å². The molecule has 2 atom stereocenters. The molecule has 192 valence electrons. The molecular weight excluding hydrogens is 462 g/mol. The monoisotopic (exact) mass is 495 g/mol. The minimum atomic E-state index is -1.26. The molecule has 0 unspecified atom stereocenters. The number of imidazole rings is 1. The van der Waals surface area contributed by atoms with E-state index in [4.69, 9.17) is 9.72 Å². The van der Waals surface area contributed by atoms with Gasteiger partial charge in [-0.2, -0.15) is 0 Å². The molecule has 2 aromatic heterocycles. The van der Waals surface area contributed by atoms with Crippen LogP contribution in [0.25, 0.3) is 11.0 Å². The third-order valence-corrected chi connectivity index (χ3v) is 7.77. The van der Waals surface area contributed by atoms with Crippen LogP contribution in [0.2, 0.25) is 0 Å². The lowest BCUT2D eigenvalue weighted by Gasteiger charge is -2.51. The smallest absolute Gasteiger partial charge is 0.328 e. The maximum atomic E-state index is 13.1. The molecule has 5 rings (SSSR count). The Balaban J connectivity index is 1.24. The third kappa shape index (κ3) is 4.51. The lowest BCUT2D eigenvalue weighted by Crippen LogP contribution is -2.58. The number of aryl methyl sites for hydroxylation is 2. The summed E-state index contributed by atoms with van der Waals surface area (Å²) >= 11 is 0. The molecule has 1 spiro atoms. The van der Waals surface area contributed by atoms with E-state index in [0.717, 1.165) is 23.3 Å². The number of likely N-dealkylation sites (tertiary alicyclic amines) is 1. The van der Waals surface area contributed by atoms with Crippen molar-refractivity contribution in [1.29, 1.82) is 0 Å². The van der Waals surface area contributed by atoms with Crippen LogP contribution in [0.3, 0.4) is 0 Å². The molecule has 0 aliphatic carbocycles. The van der Waals surface area contributed by atoms with Crippen molar-refractivity contribution in [2.45, 2.75) is 69.7 Å². The molecule has 0 saturated carbocycles. The highest BCUT2D eigenvalue weighted by molar-refractivity contribution is 5.78. The number of piperidine rings is 1. The van der Waals surface area contributed by atoms with Crippen molar-refractivity contribution in [1.82, 2.24) is 24.0 Å². The number of nitrogens with one attached hydrogen (secondary N) is 1. The number of rotatable bonds is 5. The number of aromatic nitrogens is 4. The van der Waals surface area contributed by atoms with Crippen molar-refractivity contribution in [2.75, 3.05) is 19.7 Å². The second kappa shape index (κ2) is 9.33. The van der Waals surface area contributed by atoms with Gasteiger partial charge in [0.15, 0.2) is 0 Å². The van der Waals surface area contributed by atoms with Crippen LogP contribution in [-0.4, -0.2) is 65.9 Å². The molecule has 2 aliphatic heterocycles. The molecule has 3 aromatic rings. The molecular formula is C26H33N5O5. The van der Waals surface area contributed by atoms with Crippen LogP contribution in [0.15, 0.2) is 46.1 Å². The van der Waals surface area contributed by atoms with E-state index in [0.29, 0.717) is 45.3 Å². The minimum Gasteiger partial charge on any atom is -0.386 e. The Kier molecular flexibility index (Phi) is 6.34. The predicted octanol–water partition coefficient (Wildman–Crippen LogP) is 1.61. The number of H-pyrrole nitrogens is 1. The summed E-state index contributed by atoms with van der Waals surface area (Å²) < 4.78 is 9.70. The molecule has 1 amide bonds. The Bertz CT molecular complexity index is 1380. The van der Waals surface area contributed by atoms with Gasteiger partial charge in [0.2, 0.25) is 5.91 Å². The van der Waals surface area contributed by atoms with Crippen molar-refractivity contribution in [3.63, 3.8) is 0 Å². The van der Waals surface area contributed by atoms with Gasteiger partial charge in [-0.3, -0.25) is 19.1 Å². The fraction of sp³-hybridized carbons (Fsp3) is 0.538. The lowest BCUT2D eigenvalue weighted by atomic mass is 9.77. The van der Waals surface area contributed by atoms with Gasteiger partial charge < -0.3 is 19.3 Å². The van der Waals surface area contributed by atoms with Crippen LogP contribution < -0.4 is 11.2 Å². The van der Waals surface area contributed by atoms with Crippen LogP contribution in [-0.2, 0) is 22.5 Å². The highest BCUT2D eigenvalue weighted by Gasteiger charge is 2.49. The zero-order valence-electron chi connectivity index (χ0n) is 20.8. The van der Waals surface area contributed by atoms with Gasteiger partial charge in [0.1, 0.15) is 11.4 Å². The van der Waals surface area contributed by atoms with E-state index in [1.165, 1.54) is 16.8 Å². The topological polar surface area (TPSA) is 122 Å². The van der Waals surface area contributed by atoms with Gasteiger partial charge in [0.05, 0.1) is 29.3 Å². The van der Waals surface area contributed by atoms with Crippen LogP contribution in [0.1, 0.15) is 51.4 Å². The van der Waals surface area contributed by atoms with E-state index in [1.54, 1.807) is 6.92 Å². The second-order valence-corrected chi connectivity index (χ2v) is 10.2. The Morgan fingerprint density at radius 3 is 2.69 bits per heavy atom. The van der Waals surface area contributed by atoms with Gasteiger partial charge >= 0.3 is 5.69 Å². The van der Waals surface area contributed by atoms with Crippen molar-refractivity contribution < 1.29 is 14.6 Å². The van der Waals surface area contributed by atoms with E-state index >= 15 is 0 Å². The second-order valence-electron chi connectivity index (χ2n) is 10.2. The number of nitrogens with zero attached hydrogens (tertiary/aromatic N) is 4. The fourth-order valence-corrected chi connectivity index (χ4v) is 5.62. The Hall–Kier alpha value is -3.24. The quantitative estimate of drug-likeness (QED) is 0.555. The van der Waals surface area contributed by atoms with E-state index in [2.05, 4.69) is 16.5 Å². The normalized spacial score (nSPS) is 23.9. The number of ether oxygens (including phenoxy) is 1. The summed E-state index contributed by atoms with van der Waals surface area (Å²) in [5, 5.41) is 11.0. The van der Waals surface area contributed by atoms with Crippen LogP contribution in [0, 0.1) is 0 Å². The number of hydrogen-bond acceptors (Lipinski definition) is 6. The first-order chi connectivity index (χ1) is 17.2. The van der Waals surface area contributed by atoms with Gasteiger partial charge in [-0.05, 0) is 31.9 Å². The van der Waals surface area contributed by atoms with E-state index in [1.807, 2.05) is 29.2 Å². The highest BCUT2D eigenvalue weighted by atomic mass is 16.5. The molecule has 4 heterocycles. The number of hydrogen-bond donors (Lipinski definition) is 2. The van der Waals surface area contributed by atoms with Gasteiger partial charge in [0, 0.05) is 51.2 Å². The largest absolute Gasteiger partial charge is 0.386 e. The first-order valence-electron chi connectivity index (χ1n) is 12.6. The maximum absolute atomic E-state index is 13.1. The van der Waals surface area contributed by atoms with Gasteiger partial charge in [-0.25, -0.2) is 9.78 Å². The molecule has 2 aliphatic rings. The van der Waals surface area contributed by atoms with Crippen molar-refractivity contribution in [2.24, 2.45) is 0 Å². The highest BCUT2D eigenvalue weighted by Crippen LogP contribution is 2.43. The summed E-state index contributed by atoms with van der Waals surface area (Å²) in [5.41, 5.74) is -0.815. The number of benzene rings is 1. The van der Waals surface area contributed by atoms with Crippen molar-refractivity contribution >= 4 is 16.9 Å². The molecule has 0 radical (unpaired) electrons. The molecule has 36 heavy (non-hydrogen) atoms. The van der Waals surface area contributed by atoms with E-state index in [9.17, 15) is 19.5 Å². The summed E-state index contributed by atoms with van der Waals surface area (Å²) in [6.07, 6.45) is 4.30. The van der Waals surface area contributed by atoms with Crippen molar-refractivity contribution in [3.05, 3.63) is 63.2 Å². The zero-order valence-corrected chi connectivity index (χ0v) is 20.8. The fourth-order valence-electron chi connectivity index (χ4n) is 5.62. The van der Waals surface area contributed by atoms with Gasteiger partial charge in [0.25, 0.3) is 5.56 Å². The number of aromatic amines is 1. The summed E-state index contributed by atoms with van der Waals surface area (Å²) in [5.74, 6) is 1.08. The number of fused-ring (bicyclic) bond motifs is 1. The minimum absolute atomic E-state index is 0.0741. The number of para-hydroxylation sites is 2. The number of aliphatic hydroxyl groups is 1. The number of amides is 1. The molecule has 2 saturated heterocycles. The molecule has 0 bridgehead atoms. The Labute approximate surface area is 208 Å². The predicted molar refractivity (Wildman–Crippen MR) is 134 cm³/mol. The molecule has 10 nitrogen and oxygen atoms in total. The van der Waals surface area contributed by atoms with Crippen LogP contribution >= 0.6 is 0 Å². The molecule has 10 heteroatoms. The summed E-state index contributed by atoms with van der Waals surface area (Å²) in [6, 6.07) is 8.73. The molecule has 2 fully saturated rings. The van der Waals surface area contributed by atoms with Crippen molar-refractivity contribution in [3.8, 4) is 0 Å².